The van der Waals surface area contributed by atoms with Crippen LogP contribution in [0.25, 0.3) is 0 Å². The Balaban J connectivity index is 4.85. The Morgan fingerprint density at radius 3 is 0.594 bits per heavy atom. The molecule has 0 aliphatic carbocycles. The molecule has 386 valence electrons. The maximum absolute atomic E-state index is 5.70. The van der Waals surface area contributed by atoms with Gasteiger partial charge in [-0.2, -0.15) is 0 Å². The molecule has 1 atom stereocenters. The number of hydrogen-bond donors (Lipinski definition) is 3. The molecule has 4 nitrogen and oxygen atoms in total. The Labute approximate surface area is 406 Å². The molecule has 0 amide bonds. The second-order valence-electron chi connectivity index (χ2n) is 21.3. The highest BCUT2D eigenvalue weighted by Crippen LogP contribution is 2.23. The van der Waals surface area contributed by atoms with Crippen molar-refractivity contribution in [3.05, 3.63) is 0 Å². The molecule has 0 rings (SSSR count). The van der Waals surface area contributed by atoms with Gasteiger partial charge in [0.2, 0.25) is 0 Å². The maximum atomic E-state index is 5.70. The van der Waals surface area contributed by atoms with Crippen LogP contribution in [0.4, 0.5) is 0 Å². The van der Waals surface area contributed by atoms with Crippen LogP contribution >= 0.6 is 0 Å². The van der Waals surface area contributed by atoms with Crippen molar-refractivity contribution in [2.45, 2.75) is 353 Å². The lowest BCUT2D eigenvalue weighted by Gasteiger charge is -2.32. The van der Waals surface area contributed by atoms with Crippen LogP contribution in [0, 0.1) is 0 Å². The van der Waals surface area contributed by atoms with Crippen molar-refractivity contribution in [3.63, 3.8) is 0 Å². The van der Waals surface area contributed by atoms with Crippen molar-refractivity contribution < 1.29 is 0 Å². The van der Waals surface area contributed by atoms with Crippen molar-refractivity contribution in [1.82, 2.24) is 4.90 Å². The van der Waals surface area contributed by atoms with Gasteiger partial charge in [-0.25, -0.2) is 0 Å². The summed E-state index contributed by atoms with van der Waals surface area (Å²) in [6.07, 6.45) is 75.8. The molecule has 0 saturated heterocycles. The van der Waals surface area contributed by atoms with Gasteiger partial charge in [0.25, 0.3) is 0 Å². The quantitative estimate of drug-likeness (QED) is 0.0531. The van der Waals surface area contributed by atoms with Gasteiger partial charge in [0.05, 0.1) is 0 Å². The van der Waals surface area contributed by atoms with Crippen molar-refractivity contribution in [2.24, 2.45) is 17.2 Å². The van der Waals surface area contributed by atoms with E-state index in [1.807, 2.05) is 0 Å². The second kappa shape index (κ2) is 59.0. The SMILES string of the molecule is CCCCCCCCCCCCCCCCCC(CCCCCCCCCCCCN)N(CCCCCCCCCCCCCCN)CCCCCCCCCCCCCCCCN. The lowest BCUT2D eigenvalue weighted by atomic mass is 9.97. The normalized spacial score (nSPS) is 12.3. The second-order valence-corrected chi connectivity index (χ2v) is 21.3. The van der Waals surface area contributed by atoms with Crippen LogP contribution in [0.15, 0.2) is 0 Å². The number of nitrogens with zero attached hydrogens (tertiary/aromatic N) is 1. The maximum Gasteiger partial charge on any atom is 0.00952 e. The minimum Gasteiger partial charge on any atom is -0.330 e. The molecule has 0 bridgehead atoms. The number of hydrogen-bond acceptors (Lipinski definition) is 4. The monoisotopic (exact) mass is 903 g/mol. The van der Waals surface area contributed by atoms with Gasteiger partial charge in [-0.3, -0.25) is 0 Å². The van der Waals surface area contributed by atoms with Gasteiger partial charge < -0.3 is 22.1 Å². The minimum atomic E-state index is 0.829. The summed E-state index contributed by atoms with van der Waals surface area (Å²) in [5.74, 6) is 0. The van der Waals surface area contributed by atoms with Crippen LogP contribution in [0.3, 0.4) is 0 Å². The van der Waals surface area contributed by atoms with Crippen LogP contribution in [0.2, 0.25) is 0 Å². The molecule has 0 fully saturated rings. The minimum absolute atomic E-state index is 0.829. The third-order valence-corrected chi connectivity index (χ3v) is 14.9. The smallest absolute Gasteiger partial charge is 0.00952 e. The van der Waals surface area contributed by atoms with Crippen molar-refractivity contribution >= 4 is 0 Å². The van der Waals surface area contributed by atoms with E-state index in [-0.39, 0.29) is 0 Å². The van der Waals surface area contributed by atoms with E-state index in [0.717, 1.165) is 25.7 Å². The van der Waals surface area contributed by atoms with E-state index in [1.165, 1.54) is 353 Å². The van der Waals surface area contributed by atoms with E-state index in [9.17, 15) is 0 Å². The topological polar surface area (TPSA) is 81.3 Å². The first-order valence-corrected chi connectivity index (χ1v) is 30.6. The summed E-state index contributed by atoms with van der Waals surface area (Å²) in [7, 11) is 0. The Hall–Kier alpha value is -0.160. The molecule has 0 aromatic rings. The average Bonchev–Trinajstić information content (AvgIpc) is 3.30. The summed E-state index contributed by atoms with van der Waals surface area (Å²) in [5.41, 5.74) is 17.0. The Bertz CT molecular complexity index is 790. The van der Waals surface area contributed by atoms with Crippen molar-refractivity contribution in [1.29, 1.82) is 0 Å². The van der Waals surface area contributed by atoms with Gasteiger partial charge in [-0.1, -0.05) is 302 Å². The van der Waals surface area contributed by atoms with Gasteiger partial charge in [-0.15, -0.1) is 0 Å². The van der Waals surface area contributed by atoms with E-state index in [0.29, 0.717) is 0 Å². The van der Waals surface area contributed by atoms with Gasteiger partial charge in [0, 0.05) is 6.04 Å². The largest absolute Gasteiger partial charge is 0.330 e. The van der Waals surface area contributed by atoms with Gasteiger partial charge in [-0.05, 0) is 77.7 Å². The standard InChI is InChI=1S/C60H126N4/c1-2-3-4-5-6-7-8-9-10-13-18-25-32-39-46-53-60(54-47-40-33-26-19-22-29-36-43-50-57-63)64(59-52-45-38-31-24-17-15-21-28-35-42-49-56-62)58-51-44-37-30-23-16-12-11-14-20-27-34-41-48-55-61/h60H,2-59,61-63H2,1H3. The molecule has 0 aliphatic heterocycles. The zero-order valence-corrected chi connectivity index (χ0v) is 44.8. The Morgan fingerprint density at radius 2 is 0.391 bits per heavy atom. The molecule has 0 spiro atoms. The lowest BCUT2D eigenvalue weighted by molar-refractivity contribution is 0.163. The van der Waals surface area contributed by atoms with E-state index in [4.69, 9.17) is 17.2 Å². The van der Waals surface area contributed by atoms with Crippen molar-refractivity contribution in [2.75, 3.05) is 32.7 Å². The molecule has 0 aromatic heterocycles. The fourth-order valence-electron chi connectivity index (χ4n) is 10.5. The van der Waals surface area contributed by atoms with Crippen LogP contribution in [-0.2, 0) is 0 Å². The van der Waals surface area contributed by atoms with Crippen LogP contribution < -0.4 is 17.2 Å². The number of rotatable bonds is 59. The molecular weight excluding hydrogens is 777 g/mol. The molecular formula is C60H126N4. The fourth-order valence-corrected chi connectivity index (χ4v) is 10.5. The van der Waals surface area contributed by atoms with E-state index in [1.54, 1.807) is 0 Å². The molecule has 0 aromatic carbocycles. The first-order chi connectivity index (χ1) is 31.8. The fraction of sp³-hybridized carbons (Fsp3) is 1.00. The predicted octanol–water partition coefficient (Wildman–Crippen LogP) is 19.2. The molecule has 0 saturated carbocycles. The van der Waals surface area contributed by atoms with E-state index in [2.05, 4.69) is 11.8 Å². The summed E-state index contributed by atoms with van der Waals surface area (Å²) in [6, 6.07) is 0.829. The Morgan fingerprint density at radius 1 is 0.219 bits per heavy atom. The molecule has 6 N–H and O–H groups in total. The third-order valence-electron chi connectivity index (χ3n) is 14.9. The zero-order valence-electron chi connectivity index (χ0n) is 44.8. The highest BCUT2D eigenvalue weighted by molar-refractivity contribution is 4.74. The molecule has 0 heterocycles. The van der Waals surface area contributed by atoms with Gasteiger partial charge >= 0.3 is 0 Å². The highest BCUT2D eigenvalue weighted by Gasteiger charge is 2.18. The van der Waals surface area contributed by atoms with Gasteiger partial charge in [0.1, 0.15) is 0 Å². The zero-order chi connectivity index (χ0) is 46.2. The lowest BCUT2D eigenvalue weighted by Crippen LogP contribution is -2.37. The van der Waals surface area contributed by atoms with Crippen LogP contribution in [-0.4, -0.2) is 43.7 Å². The Kier molecular flexibility index (Phi) is 58.8. The highest BCUT2D eigenvalue weighted by atomic mass is 15.1. The average molecular weight is 904 g/mol. The first kappa shape index (κ1) is 63.8. The van der Waals surface area contributed by atoms with Gasteiger partial charge in [0.15, 0.2) is 0 Å². The predicted molar refractivity (Wildman–Crippen MR) is 293 cm³/mol. The van der Waals surface area contributed by atoms with Crippen molar-refractivity contribution in [3.8, 4) is 0 Å². The van der Waals surface area contributed by atoms with Crippen LogP contribution in [0.1, 0.15) is 347 Å². The third kappa shape index (κ3) is 52.8. The van der Waals surface area contributed by atoms with Crippen LogP contribution in [0.5, 0.6) is 0 Å². The summed E-state index contributed by atoms with van der Waals surface area (Å²) in [6.45, 7) is 7.66. The molecule has 1 unspecified atom stereocenters. The first-order valence-electron chi connectivity index (χ1n) is 30.6. The van der Waals surface area contributed by atoms with E-state index < -0.39 is 0 Å². The van der Waals surface area contributed by atoms with E-state index >= 15 is 0 Å². The molecule has 0 radical (unpaired) electrons. The number of nitrogens with two attached hydrogens (primary N) is 3. The number of unbranched alkanes of at least 4 members (excludes halogenated alkanes) is 47. The summed E-state index contributed by atoms with van der Waals surface area (Å²) >= 11 is 0. The molecule has 4 heteroatoms. The summed E-state index contributed by atoms with van der Waals surface area (Å²) in [4.78, 5) is 3.06. The molecule has 0 aliphatic rings. The molecule has 64 heavy (non-hydrogen) atoms. The summed E-state index contributed by atoms with van der Waals surface area (Å²) < 4.78 is 0. The summed E-state index contributed by atoms with van der Waals surface area (Å²) in [5, 5.41) is 0.